The first-order valence-electron chi connectivity index (χ1n) is 5.94. The van der Waals surface area contributed by atoms with E-state index in [9.17, 15) is 0 Å². The molecule has 1 heterocycles. The molecule has 17 heavy (non-hydrogen) atoms. The van der Waals surface area contributed by atoms with Crippen molar-refractivity contribution in [3.05, 3.63) is 36.7 Å². The molecule has 3 heteroatoms. The summed E-state index contributed by atoms with van der Waals surface area (Å²) in [7, 11) is 2.05. The number of rotatable bonds is 5. The average Bonchev–Trinajstić information content (AvgIpc) is 2.26. The largest absolute Gasteiger partial charge is 0.371 e. The summed E-state index contributed by atoms with van der Waals surface area (Å²) in [5, 5.41) is 3.44. The van der Waals surface area contributed by atoms with Crippen LogP contribution in [0.1, 0.15) is 26.5 Å². The van der Waals surface area contributed by atoms with E-state index in [4.69, 9.17) is 0 Å². The van der Waals surface area contributed by atoms with Crippen LogP contribution >= 0.6 is 0 Å². The summed E-state index contributed by atoms with van der Waals surface area (Å²) in [5.74, 6) is 0. The topological polar surface area (TPSA) is 28.2 Å². The Balaban J connectivity index is 2.69. The molecule has 0 amide bonds. The zero-order valence-corrected chi connectivity index (χ0v) is 11.3. The van der Waals surface area contributed by atoms with Crippen molar-refractivity contribution in [1.29, 1.82) is 0 Å². The molecule has 0 aromatic carbocycles. The van der Waals surface area contributed by atoms with Gasteiger partial charge >= 0.3 is 0 Å². The zero-order valence-electron chi connectivity index (χ0n) is 11.3. The molecule has 0 radical (unpaired) electrons. The van der Waals surface area contributed by atoms with Gasteiger partial charge in [-0.05, 0) is 32.9 Å². The molecule has 1 rings (SSSR count). The molecule has 0 aliphatic carbocycles. The van der Waals surface area contributed by atoms with Crippen LogP contribution in [0, 0.1) is 0 Å². The molecular weight excluding hydrogens is 210 g/mol. The van der Waals surface area contributed by atoms with Crippen LogP contribution in [0.5, 0.6) is 0 Å². The van der Waals surface area contributed by atoms with Gasteiger partial charge in [0.2, 0.25) is 0 Å². The number of nitrogens with zero attached hydrogens (tertiary/aromatic N) is 2. The Morgan fingerprint density at radius 1 is 1.47 bits per heavy atom. The molecule has 0 spiro atoms. The number of likely N-dealkylation sites (N-methyl/N-ethyl adjacent to an activating group) is 1. The van der Waals surface area contributed by atoms with Crippen molar-refractivity contribution in [2.75, 3.05) is 18.5 Å². The highest BCUT2D eigenvalue weighted by Crippen LogP contribution is 2.13. The van der Waals surface area contributed by atoms with Crippen LogP contribution in [0.15, 0.2) is 31.0 Å². The summed E-state index contributed by atoms with van der Waals surface area (Å²) in [6.07, 6.45) is 3.75. The van der Waals surface area contributed by atoms with Crippen LogP contribution in [0.4, 0.5) is 5.69 Å². The second kappa shape index (κ2) is 5.82. The van der Waals surface area contributed by atoms with Gasteiger partial charge in [0.1, 0.15) is 0 Å². The summed E-state index contributed by atoms with van der Waals surface area (Å²) in [4.78, 5) is 6.52. The molecule has 1 aromatic heterocycles. The van der Waals surface area contributed by atoms with Crippen LogP contribution in [0.2, 0.25) is 0 Å². The third-order valence-corrected chi connectivity index (χ3v) is 2.44. The van der Waals surface area contributed by atoms with E-state index in [1.165, 1.54) is 5.69 Å². The standard InChI is InChI=1S/C14H23N3/c1-6-9-17(5)13-7-8-15-12(10-13)11-16-14(2,3)4/h6-8,10,16H,1,9,11H2,2-5H3. The number of nitrogens with one attached hydrogen (secondary N) is 1. The number of aromatic nitrogens is 1. The summed E-state index contributed by atoms with van der Waals surface area (Å²) in [5.41, 5.74) is 2.35. The molecule has 0 fully saturated rings. The highest BCUT2D eigenvalue weighted by molar-refractivity contribution is 5.46. The average molecular weight is 233 g/mol. The molecular formula is C14H23N3. The number of hydrogen-bond donors (Lipinski definition) is 1. The minimum Gasteiger partial charge on any atom is -0.371 e. The van der Waals surface area contributed by atoms with Gasteiger partial charge in [0.25, 0.3) is 0 Å². The first-order chi connectivity index (χ1) is 7.92. The van der Waals surface area contributed by atoms with E-state index in [0.29, 0.717) is 0 Å². The van der Waals surface area contributed by atoms with Gasteiger partial charge in [0, 0.05) is 37.6 Å². The van der Waals surface area contributed by atoms with Crippen molar-refractivity contribution in [2.45, 2.75) is 32.9 Å². The lowest BCUT2D eigenvalue weighted by molar-refractivity contribution is 0.421. The number of anilines is 1. The molecule has 0 aliphatic rings. The molecule has 3 nitrogen and oxygen atoms in total. The van der Waals surface area contributed by atoms with Gasteiger partial charge in [-0.3, -0.25) is 4.98 Å². The Bertz CT molecular complexity index is 366. The Hall–Kier alpha value is -1.35. The fraction of sp³-hybridized carbons (Fsp3) is 0.500. The predicted octanol–water partition coefficient (Wildman–Crippen LogP) is 2.59. The Morgan fingerprint density at radius 2 is 2.18 bits per heavy atom. The molecule has 1 N–H and O–H groups in total. The molecule has 0 unspecified atom stereocenters. The Labute approximate surface area is 105 Å². The quantitative estimate of drug-likeness (QED) is 0.792. The van der Waals surface area contributed by atoms with E-state index >= 15 is 0 Å². The van der Waals surface area contributed by atoms with E-state index < -0.39 is 0 Å². The minimum atomic E-state index is 0.116. The summed E-state index contributed by atoms with van der Waals surface area (Å²) in [6, 6.07) is 4.13. The summed E-state index contributed by atoms with van der Waals surface area (Å²) in [6.45, 7) is 11.8. The fourth-order valence-corrected chi connectivity index (χ4v) is 1.45. The minimum absolute atomic E-state index is 0.116. The zero-order chi connectivity index (χ0) is 12.9. The Morgan fingerprint density at radius 3 is 2.76 bits per heavy atom. The maximum atomic E-state index is 4.37. The second-order valence-electron chi connectivity index (χ2n) is 5.28. The normalized spacial score (nSPS) is 11.3. The summed E-state index contributed by atoms with van der Waals surface area (Å²) >= 11 is 0. The first-order valence-corrected chi connectivity index (χ1v) is 5.94. The van der Waals surface area contributed by atoms with Crippen molar-refractivity contribution >= 4 is 5.69 Å². The van der Waals surface area contributed by atoms with Crippen LogP contribution in [0.25, 0.3) is 0 Å². The van der Waals surface area contributed by atoms with Crippen LogP contribution in [0.3, 0.4) is 0 Å². The molecule has 0 aliphatic heterocycles. The van der Waals surface area contributed by atoms with Crippen molar-refractivity contribution in [3.8, 4) is 0 Å². The van der Waals surface area contributed by atoms with Crippen molar-refractivity contribution < 1.29 is 0 Å². The highest BCUT2D eigenvalue weighted by Gasteiger charge is 2.09. The van der Waals surface area contributed by atoms with Crippen molar-refractivity contribution in [2.24, 2.45) is 0 Å². The lowest BCUT2D eigenvalue weighted by atomic mass is 10.1. The molecule has 94 valence electrons. The van der Waals surface area contributed by atoms with Gasteiger partial charge < -0.3 is 10.2 Å². The highest BCUT2D eigenvalue weighted by atomic mass is 15.1. The van der Waals surface area contributed by atoms with E-state index in [1.807, 2.05) is 18.3 Å². The second-order valence-corrected chi connectivity index (χ2v) is 5.28. The van der Waals surface area contributed by atoms with Crippen LogP contribution in [-0.4, -0.2) is 24.1 Å². The summed E-state index contributed by atoms with van der Waals surface area (Å²) < 4.78 is 0. The number of pyridine rings is 1. The molecule has 0 saturated heterocycles. The van der Waals surface area contributed by atoms with E-state index in [2.05, 4.69) is 55.7 Å². The smallest absolute Gasteiger partial charge is 0.0562 e. The van der Waals surface area contributed by atoms with Gasteiger partial charge in [-0.2, -0.15) is 0 Å². The fourth-order valence-electron chi connectivity index (χ4n) is 1.45. The van der Waals surface area contributed by atoms with Gasteiger partial charge in [-0.15, -0.1) is 6.58 Å². The van der Waals surface area contributed by atoms with Gasteiger partial charge in [-0.1, -0.05) is 6.08 Å². The van der Waals surface area contributed by atoms with Gasteiger partial charge in [0.05, 0.1) is 5.69 Å². The maximum absolute atomic E-state index is 4.37. The first kappa shape index (κ1) is 13.7. The third-order valence-electron chi connectivity index (χ3n) is 2.44. The van der Waals surface area contributed by atoms with Crippen molar-refractivity contribution in [3.63, 3.8) is 0 Å². The predicted molar refractivity (Wildman–Crippen MR) is 74.3 cm³/mol. The molecule has 0 saturated carbocycles. The van der Waals surface area contributed by atoms with Crippen LogP contribution < -0.4 is 10.2 Å². The van der Waals surface area contributed by atoms with Crippen LogP contribution in [-0.2, 0) is 6.54 Å². The van der Waals surface area contributed by atoms with Crippen molar-refractivity contribution in [1.82, 2.24) is 10.3 Å². The monoisotopic (exact) mass is 233 g/mol. The lowest BCUT2D eigenvalue weighted by Gasteiger charge is -2.21. The lowest BCUT2D eigenvalue weighted by Crippen LogP contribution is -2.35. The van der Waals surface area contributed by atoms with E-state index in [1.54, 1.807) is 0 Å². The van der Waals surface area contributed by atoms with Gasteiger partial charge in [0.15, 0.2) is 0 Å². The maximum Gasteiger partial charge on any atom is 0.0562 e. The molecule has 1 aromatic rings. The number of hydrogen-bond acceptors (Lipinski definition) is 3. The third kappa shape index (κ3) is 5.00. The van der Waals surface area contributed by atoms with E-state index in [0.717, 1.165) is 18.8 Å². The SMILES string of the molecule is C=CCN(C)c1ccnc(CNC(C)(C)C)c1. The Kier molecular flexibility index (Phi) is 4.70. The molecule has 0 bridgehead atoms. The van der Waals surface area contributed by atoms with E-state index in [-0.39, 0.29) is 5.54 Å². The van der Waals surface area contributed by atoms with Gasteiger partial charge in [-0.25, -0.2) is 0 Å². The molecule has 0 atom stereocenters.